The van der Waals surface area contributed by atoms with Gasteiger partial charge in [0, 0.05) is 17.5 Å². The van der Waals surface area contributed by atoms with Crippen molar-refractivity contribution in [3.63, 3.8) is 0 Å². The quantitative estimate of drug-likeness (QED) is 0.475. The molecule has 2 aromatic rings. The Hall–Kier alpha value is -1.99. The lowest BCUT2D eigenvalue weighted by atomic mass is 9.87. The number of nitrogens with zero attached hydrogens (tertiary/aromatic N) is 1. The molecular formula is C17H21N3O2S2. The molecule has 0 aliphatic carbocycles. The fourth-order valence-corrected chi connectivity index (χ4v) is 3.00. The molecule has 24 heavy (non-hydrogen) atoms. The zero-order chi connectivity index (χ0) is 17.7. The van der Waals surface area contributed by atoms with Gasteiger partial charge in [0.2, 0.25) is 0 Å². The third kappa shape index (κ3) is 5.28. The lowest BCUT2D eigenvalue weighted by molar-refractivity contribution is -0.380. The number of hydrogen-bond acceptors (Lipinski definition) is 4. The van der Waals surface area contributed by atoms with Crippen molar-refractivity contribution in [2.45, 2.75) is 39.3 Å². The molecule has 1 aromatic carbocycles. The molecular weight excluding hydrogens is 342 g/mol. The van der Waals surface area contributed by atoms with Crippen molar-refractivity contribution in [2.75, 3.05) is 0 Å². The number of thiophene rings is 1. The second-order valence-corrected chi connectivity index (χ2v) is 8.04. The van der Waals surface area contributed by atoms with Crippen LogP contribution in [-0.2, 0) is 18.5 Å². The average molecular weight is 364 g/mol. The minimum Gasteiger partial charge on any atom is -0.359 e. The van der Waals surface area contributed by atoms with Crippen molar-refractivity contribution in [1.82, 2.24) is 10.6 Å². The molecule has 0 radical (unpaired) electrons. The number of nitro groups is 1. The SMILES string of the molecule is CC(C)(C)c1ccc(CNC(=S)NCc2ccc([N+](=O)[O-])s2)cc1. The molecule has 1 aromatic heterocycles. The highest BCUT2D eigenvalue weighted by molar-refractivity contribution is 7.80. The maximum absolute atomic E-state index is 10.7. The van der Waals surface area contributed by atoms with Crippen LogP contribution in [-0.4, -0.2) is 10.0 Å². The van der Waals surface area contributed by atoms with Crippen molar-refractivity contribution in [1.29, 1.82) is 0 Å². The molecule has 1 heterocycles. The van der Waals surface area contributed by atoms with Gasteiger partial charge in [-0.1, -0.05) is 56.4 Å². The maximum atomic E-state index is 10.7. The van der Waals surface area contributed by atoms with Crippen LogP contribution in [0.25, 0.3) is 0 Å². The maximum Gasteiger partial charge on any atom is 0.324 e. The third-order valence-corrected chi connectivity index (χ3v) is 4.85. The highest BCUT2D eigenvalue weighted by Gasteiger charge is 2.13. The summed E-state index contributed by atoms with van der Waals surface area (Å²) in [7, 11) is 0. The van der Waals surface area contributed by atoms with Crippen molar-refractivity contribution in [3.05, 3.63) is 62.5 Å². The van der Waals surface area contributed by atoms with Gasteiger partial charge < -0.3 is 10.6 Å². The molecule has 2 rings (SSSR count). The Morgan fingerprint density at radius 3 is 2.29 bits per heavy atom. The number of hydrogen-bond donors (Lipinski definition) is 2. The molecule has 0 saturated heterocycles. The van der Waals surface area contributed by atoms with Gasteiger partial charge in [-0.05, 0) is 34.8 Å². The van der Waals surface area contributed by atoms with Gasteiger partial charge in [0.25, 0.3) is 0 Å². The largest absolute Gasteiger partial charge is 0.359 e. The third-order valence-electron chi connectivity index (χ3n) is 3.52. The van der Waals surface area contributed by atoms with Crippen molar-refractivity contribution >= 4 is 33.7 Å². The summed E-state index contributed by atoms with van der Waals surface area (Å²) < 4.78 is 0. The summed E-state index contributed by atoms with van der Waals surface area (Å²) in [6.45, 7) is 7.69. The van der Waals surface area contributed by atoms with Crippen LogP contribution in [0.2, 0.25) is 0 Å². The summed E-state index contributed by atoms with van der Waals surface area (Å²) in [6, 6.07) is 11.7. The van der Waals surface area contributed by atoms with Gasteiger partial charge in [-0.3, -0.25) is 10.1 Å². The minimum atomic E-state index is -0.383. The molecule has 0 fully saturated rings. The van der Waals surface area contributed by atoms with E-state index in [1.54, 1.807) is 6.07 Å². The van der Waals surface area contributed by atoms with Crippen molar-refractivity contribution in [2.24, 2.45) is 0 Å². The summed E-state index contributed by atoms with van der Waals surface area (Å²) in [6.07, 6.45) is 0. The highest BCUT2D eigenvalue weighted by atomic mass is 32.1. The molecule has 0 atom stereocenters. The smallest absolute Gasteiger partial charge is 0.324 e. The number of rotatable bonds is 5. The average Bonchev–Trinajstić information content (AvgIpc) is 3.00. The van der Waals surface area contributed by atoms with E-state index in [4.69, 9.17) is 12.2 Å². The van der Waals surface area contributed by atoms with E-state index in [0.717, 1.165) is 21.8 Å². The van der Waals surface area contributed by atoms with Crippen LogP contribution in [0, 0.1) is 10.1 Å². The summed E-state index contributed by atoms with van der Waals surface area (Å²) in [5.41, 5.74) is 2.59. The molecule has 0 aliphatic rings. The molecule has 7 heteroatoms. The molecule has 2 N–H and O–H groups in total. The summed E-state index contributed by atoms with van der Waals surface area (Å²) in [5.74, 6) is 0. The Balaban J connectivity index is 1.79. The van der Waals surface area contributed by atoms with Crippen LogP contribution in [0.4, 0.5) is 5.00 Å². The molecule has 5 nitrogen and oxygen atoms in total. The van der Waals surface area contributed by atoms with Crippen LogP contribution < -0.4 is 10.6 Å². The zero-order valence-electron chi connectivity index (χ0n) is 14.0. The normalized spacial score (nSPS) is 11.1. The molecule has 0 bridgehead atoms. The first kappa shape index (κ1) is 18.4. The second-order valence-electron chi connectivity index (χ2n) is 6.48. The van der Waals surface area contributed by atoms with Crippen LogP contribution in [0.1, 0.15) is 36.8 Å². The second kappa shape index (κ2) is 7.72. The van der Waals surface area contributed by atoms with E-state index in [9.17, 15) is 10.1 Å². The Kier molecular flexibility index (Phi) is 5.90. The van der Waals surface area contributed by atoms with Crippen LogP contribution in [0.3, 0.4) is 0 Å². The van der Waals surface area contributed by atoms with Crippen LogP contribution in [0.5, 0.6) is 0 Å². The number of benzene rings is 1. The topological polar surface area (TPSA) is 67.2 Å². The number of thiocarbonyl (C=S) groups is 1. The Labute approximate surface area is 151 Å². The lowest BCUT2D eigenvalue weighted by Gasteiger charge is -2.19. The van der Waals surface area contributed by atoms with Crippen LogP contribution >= 0.6 is 23.6 Å². The predicted molar refractivity (Wildman–Crippen MR) is 102 cm³/mol. The zero-order valence-corrected chi connectivity index (χ0v) is 15.6. The first-order valence-corrected chi connectivity index (χ1v) is 8.82. The van der Waals surface area contributed by atoms with Gasteiger partial charge in [-0.15, -0.1) is 0 Å². The van der Waals surface area contributed by atoms with Gasteiger partial charge in [-0.2, -0.15) is 0 Å². The van der Waals surface area contributed by atoms with Gasteiger partial charge in [0.05, 0.1) is 11.5 Å². The Bertz CT molecular complexity index is 718. The fourth-order valence-electron chi connectivity index (χ4n) is 2.09. The lowest BCUT2D eigenvalue weighted by Crippen LogP contribution is -2.34. The Morgan fingerprint density at radius 1 is 1.12 bits per heavy atom. The first-order chi connectivity index (χ1) is 11.3. The van der Waals surface area contributed by atoms with E-state index in [1.807, 2.05) is 0 Å². The minimum absolute atomic E-state index is 0.143. The highest BCUT2D eigenvalue weighted by Crippen LogP contribution is 2.23. The summed E-state index contributed by atoms with van der Waals surface area (Å²) >= 11 is 6.40. The molecule has 0 spiro atoms. The molecule has 0 saturated carbocycles. The van der Waals surface area contributed by atoms with Crippen LogP contribution in [0.15, 0.2) is 36.4 Å². The fraction of sp³-hybridized carbons (Fsp3) is 0.353. The predicted octanol–water partition coefficient (Wildman–Crippen LogP) is 4.12. The van der Waals surface area contributed by atoms with E-state index in [1.165, 1.54) is 11.6 Å². The van der Waals surface area contributed by atoms with E-state index >= 15 is 0 Å². The molecule has 0 amide bonds. The van der Waals surface area contributed by atoms with Gasteiger partial charge in [-0.25, -0.2) is 0 Å². The van der Waals surface area contributed by atoms with E-state index in [0.29, 0.717) is 18.2 Å². The molecule has 0 unspecified atom stereocenters. The van der Waals surface area contributed by atoms with Gasteiger partial charge >= 0.3 is 5.00 Å². The van der Waals surface area contributed by atoms with E-state index < -0.39 is 0 Å². The van der Waals surface area contributed by atoms with Crippen molar-refractivity contribution in [3.8, 4) is 0 Å². The van der Waals surface area contributed by atoms with Gasteiger partial charge in [0.15, 0.2) is 5.11 Å². The standard InChI is InChI=1S/C17H21N3O2S2/c1-17(2,3)13-6-4-12(5-7-13)10-18-16(23)19-11-14-8-9-15(24-14)20(21)22/h4-9H,10-11H2,1-3H3,(H2,18,19,23). The molecule has 0 aliphatic heterocycles. The summed E-state index contributed by atoms with van der Waals surface area (Å²) in [4.78, 5) is 11.1. The van der Waals surface area contributed by atoms with Gasteiger partial charge in [0.1, 0.15) is 0 Å². The monoisotopic (exact) mass is 363 g/mol. The summed E-state index contributed by atoms with van der Waals surface area (Å²) in [5, 5.41) is 17.5. The first-order valence-electron chi connectivity index (χ1n) is 7.60. The Morgan fingerprint density at radius 2 is 1.75 bits per heavy atom. The van der Waals surface area contributed by atoms with E-state index in [-0.39, 0.29) is 15.3 Å². The number of nitrogens with one attached hydrogen (secondary N) is 2. The van der Waals surface area contributed by atoms with Crippen molar-refractivity contribution < 1.29 is 4.92 Å². The molecule has 128 valence electrons. The van der Waals surface area contributed by atoms with E-state index in [2.05, 4.69) is 55.7 Å².